The van der Waals surface area contributed by atoms with E-state index in [0.29, 0.717) is 5.56 Å². The lowest BCUT2D eigenvalue weighted by Crippen LogP contribution is -1.96. The molecule has 0 spiro atoms. The fourth-order valence-corrected chi connectivity index (χ4v) is 1.52. The molecule has 0 N–H and O–H groups in total. The van der Waals surface area contributed by atoms with Crippen molar-refractivity contribution in [2.45, 2.75) is 13.1 Å². The minimum absolute atomic E-state index is 0.0430. The molecule has 0 heterocycles. The van der Waals surface area contributed by atoms with Crippen LogP contribution in [0.2, 0.25) is 0 Å². The molecule has 0 aliphatic heterocycles. The minimum atomic E-state index is -1.05. The Morgan fingerprint density at radius 2 is 2.08 bits per heavy atom. The van der Waals surface area contributed by atoms with Crippen molar-refractivity contribution in [3.63, 3.8) is 0 Å². The highest BCUT2D eigenvalue weighted by Crippen LogP contribution is 2.21. The molecule has 1 atom stereocenters. The number of hydrogen-bond donors (Lipinski definition) is 0. The van der Waals surface area contributed by atoms with Crippen LogP contribution in [-0.4, -0.2) is 10.9 Å². The second kappa shape index (κ2) is 5.02. The number of hydrogen-bond acceptors (Lipinski definition) is 2. The van der Waals surface area contributed by atoms with Gasteiger partial charge in [-0.05, 0) is 5.56 Å². The van der Waals surface area contributed by atoms with Gasteiger partial charge in [-0.2, -0.15) is 0 Å². The highest BCUT2D eigenvalue weighted by molar-refractivity contribution is 8.13. The molecule has 1 aromatic rings. The Hall–Kier alpha value is -0.830. The Labute approximate surface area is 81.3 Å². The summed E-state index contributed by atoms with van der Waals surface area (Å²) >= 11 is 1.02. The molecule has 0 fully saturated rings. The maximum atomic E-state index is 13.3. The fraction of sp³-hybridized carbons (Fsp3) is 0.300. The van der Waals surface area contributed by atoms with E-state index < -0.39 is 6.17 Å². The van der Waals surface area contributed by atoms with E-state index in [1.807, 2.05) is 6.07 Å². The van der Waals surface area contributed by atoms with Crippen LogP contribution in [0.15, 0.2) is 30.3 Å². The Balaban J connectivity index is 2.49. The third kappa shape index (κ3) is 3.59. The fourth-order valence-electron chi connectivity index (χ4n) is 0.949. The molecular weight excluding hydrogens is 187 g/mol. The predicted molar refractivity (Wildman–Crippen MR) is 53.4 cm³/mol. The highest BCUT2D eigenvalue weighted by atomic mass is 32.2. The van der Waals surface area contributed by atoms with Gasteiger partial charge in [0.2, 0.25) is 0 Å². The molecule has 1 unspecified atom stereocenters. The van der Waals surface area contributed by atoms with E-state index in [1.54, 1.807) is 24.3 Å². The second-order valence-corrected chi connectivity index (χ2v) is 3.88. The van der Waals surface area contributed by atoms with E-state index in [2.05, 4.69) is 0 Å². The molecule has 0 saturated carbocycles. The zero-order chi connectivity index (χ0) is 9.68. The van der Waals surface area contributed by atoms with Crippen molar-refractivity contribution in [3.05, 3.63) is 35.9 Å². The normalized spacial score (nSPS) is 12.5. The summed E-state index contributed by atoms with van der Waals surface area (Å²) in [5, 5.41) is -0.0430. The van der Waals surface area contributed by atoms with Gasteiger partial charge in [0.15, 0.2) is 5.12 Å². The predicted octanol–water partition coefficient (Wildman–Crippen LogP) is 2.98. The quantitative estimate of drug-likeness (QED) is 0.742. The van der Waals surface area contributed by atoms with E-state index in [-0.39, 0.29) is 10.9 Å². The van der Waals surface area contributed by atoms with Crippen LogP contribution in [-0.2, 0) is 4.79 Å². The number of carbonyl (C=O) groups excluding carboxylic acids is 1. The highest BCUT2D eigenvalue weighted by Gasteiger charge is 2.09. The number of rotatable bonds is 3. The lowest BCUT2D eigenvalue weighted by atomic mass is 10.1. The van der Waals surface area contributed by atoms with Gasteiger partial charge in [0, 0.05) is 12.7 Å². The average Bonchev–Trinajstić information content (AvgIpc) is 2.15. The molecule has 1 rings (SSSR count). The van der Waals surface area contributed by atoms with Crippen LogP contribution >= 0.6 is 11.8 Å². The summed E-state index contributed by atoms with van der Waals surface area (Å²) in [6, 6.07) is 8.88. The summed E-state index contributed by atoms with van der Waals surface area (Å²) in [6.07, 6.45) is -1.05. The molecular formula is C10H11FOS. The van der Waals surface area contributed by atoms with Crippen LogP contribution in [0, 0.1) is 0 Å². The Morgan fingerprint density at radius 3 is 2.62 bits per heavy atom. The van der Waals surface area contributed by atoms with Crippen molar-refractivity contribution >= 4 is 16.9 Å². The van der Waals surface area contributed by atoms with E-state index >= 15 is 0 Å². The summed E-state index contributed by atoms with van der Waals surface area (Å²) < 4.78 is 13.3. The van der Waals surface area contributed by atoms with Crippen molar-refractivity contribution in [1.82, 2.24) is 0 Å². The molecule has 0 bridgehead atoms. The first-order valence-corrected chi connectivity index (χ1v) is 5.01. The van der Waals surface area contributed by atoms with Crippen molar-refractivity contribution in [2.75, 3.05) is 5.75 Å². The molecule has 13 heavy (non-hydrogen) atoms. The van der Waals surface area contributed by atoms with Crippen LogP contribution in [0.25, 0.3) is 0 Å². The molecule has 0 aliphatic rings. The Morgan fingerprint density at radius 1 is 1.46 bits per heavy atom. The summed E-state index contributed by atoms with van der Waals surface area (Å²) in [4.78, 5) is 10.6. The lowest BCUT2D eigenvalue weighted by Gasteiger charge is -2.05. The number of alkyl halides is 1. The largest absolute Gasteiger partial charge is 0.288 e. The molecule has 0 aromatic heterocycles. The van der Waals surface area contributed by atoms with Gasteiger partial charge in [0.05, 0.1) is 0 Å². The van der Waals surface area contributed by atoms with E-state index in [0.717, 1.165) is 11.8 Å². The van der Waals surface area contributed by atoms with Crippen LogP contribution in [0.1, 0.15) is 18.7 Å². The summed E-state index contributed by atoms with van der Waals surface area (Å²) in [5.41, 5.74) is 0.635. The Kier molecular flexibility index (Phi) is 3.96. The maximum absolute atomic E-state index is 13.3. The standard InChI is InChI=1S/C10H11FOS/c1-8(12)13-7-10(11)9-5-3-2-4-6-9/h2-6,10H,7H2,1H3. The number of thioether (sulfide) groups is 1. The van der Waals surface area contributed by atoms with Gasteiger partial charge in [-0.1, -0.05) is 42.1 Å². The van der Waals surface area contributed by atoms with E-state index in [4.69, 9.17) is 0 Å². The first-order valence-electron chi connectivity index (χ1n) is 4.02. The number of halogens is 1. The van der Waals surface area contributed by atoms with Crippen molar-refractivity contribution in [2.24, 2.45) is 0 Å². The molecule has 70 valence electrons. The van der Waals surface area contributed by atoms with Crippen molar-refractivity contribution in [3.8, 4) is 0 Å². The molecule has 1 aromatic carbocycles. The zero-order valence-corrected chi connectivity index (χ0v) is 8.18. The smallest absolute Gasteiger partial charge is 0.185 e. The maximum Gasteiger partial charge on any atom is 0.185 e. The third-order valence-electron chi connectivity index (χ3n) is 1.59. The third-order valence-corrected chi connectivity index (χ3v) is 2.46. The zero-order valence-electron chi connectivity index (χ0n) is 7.37. The van der Waals surface area contributed by atoms with Crippen LogP contribution in [0.3, 0.4) is 0 Å². The number of benzene rings is 1. The van der Waals surface area contributed by atoms with Gasteiger partial charge in [0.1, 0.15) is 6.17 Å². The SMILES string of the molecule is CC(=O)SCC(F)c1ccccc1. The van der Waals surface area contributed by atoms with Crippen molar-refractivity contribution in [1.29, 1.82) is 0 Å². The summed E-state index contributed by atoms with van der Waals surface area (Å²) in [6.45, 7) is 1.45. The average molecular weight is 198 g/mol. The van der Waals surface area contributed by atoms with E-state index in [9.17, 15) is 9.18 Å². The van der Waals surface area contributed by atoms with Crippen LogP contribution in [0.4, 0.5) is 4.39 Å². The topological polar surface area (TPSA) is 17.1 Å². The molecule has 0 aliphatic carbocycles. The van der Waals surface area contributed by atoms with Gasteiger partial charge in [-0.3, -0.25) is 4.79 Å². The summed E-state index contributed by atoms with van der Waals surface area (Å²) in [5.74, 6) is 0.208. The first-order chi connectivity index (χ1) is 6.20. The van der Waals surface area contributed by atoms with Gasteiger partial charge in [-0.25, -0.2) is 4.39 Å². The van der Waals surface area contributed by atoms with Gasteiger partial charge in [-0.15, -0.1) is 0 Å². The van der Waals surface area contributed by atoms with Gasteiger partial charge < -0.3 is 0 Å². The van der Waals surface area contributed by atoms with Crippen molar-refractivity contribution < 1.29 is 9.18 Å². The van der Waals surface area contributed by atoms with E-state index in [1.165, 1.54) is 6.92 Å². The Bertz CT molecular complexity index is 274. The minimum Gasteiger partial charge on any atom is -0.288 e. The second-order valence-electron chi connectivity index (χ2n) is 2.68. The molecule has 0 radical (unpaired) electrons. The van der Waals surface area contributed by atoms with Gasteiger partial charge >= 0.3 is 0 Å². The first kappa shape index (κ1) is 10.3. The number of carbonyl (C=O) groups is 1. The lowest BCUT2D eigenvalue weighted by molar-refractivity contribution is -0.109. The molecule has 1 nitrogen and oxygen atoms in total. The molecule has 0 amide bonds. The summed E-state index contributed by atoms with van der Waals surface area (Å²) in [7, 11) is 0. The van der Waals surface area contributed by atoms with Gasteiger partial charge in [0.25, 0.3) is 0 Å². The molecule has 0 saturated heterocycles. The van der Waals surface area contributed by atoms with Crippen LogP contribution in [0.5, 0.6) is 0 Å². The molecule has 3 heteroatoms. The monoisotopic (exact) mass is 198 g/mol. The van der Waals surface area contributed by atoms with Crippen LogP contribution < -0.4 is 0 Å².